The Balaban J connectivity index is 1.92. The van der Waals surface area contributed by atoms with Gasteiger partial charge in [0.1, 0.15) is 11.1 Å². The summed E-state index contributed by atoms with van der Waals surface area (Å²) in [6.45, 7) is 3.16. The Bertz CT molecular complexity index is 1060. The Morgan fingerprint density at radius 1 is 1.17 bits per heavy atom. The van der Waals surface area contributed by atoms with Crippen molar-refractivity contribution < 1.29 is 18.0 Å². The lowest BCUT2D eigenvalue weighted by molar-refractivity contribution is -0.117. The van der Waals surface area contributed by atoms with Crippen molar-refractivity contribution in [3.8, 4) is 6.07 Å². The van der Waals surface area contributed by atoms with Crippen LogP contribution in [0.4, 0.5) is 5.69 Å². The summed E-state index contributed by atoms with van der Waals surface area (Å²) in [5, 5.41) is 12.5. The maximum Gasteiger partial charge on any atom is 0.264 e. The number of anilines is 1. The molecule has 1 aromatic carbocycles. The molecule has 0 bridgehead atoms. The van der Waals surface area contributed by atoms with Crippen LogP contribution >= 0.6 is 11.8 Å². The monoisotopic (exact) mass is 446 g/mol. The number of aryl methyl sites for hydroxylation is 1. The number of carbonyl (C=O) groups is 2. The standard InChI is InChI=1S/C20H22N4O4S2/c1-3-4-16-6-5-15(13-21)20(23-16)29-12-11-19(26)22-17-7-9-18(10-8-17)30(27,28)24-14(2)25/h5-10H,3-4,11-12H2,1-2H3,(H,22,26)(H,24,25). The Morgan fingerprint density at radius 3 is 2.47 bits per heavy atom. The van der Waals surface area contributed by atoms with E-state index in [-0.39, 0.29) is 17.2 Å². The molecule has 0 radical (unpaired) electrons. The van der Waals surface area contributed by atoms with Gasteiger partial charge in [0, 0.05) is 30.5 Å². The molecular weight excluding hydrogens is 424 g/mol. The van der Waals surface area contributed by atoms with Crippen molar-refractivity contribution in [1.82, 2.24) is 9.71 Å². The predicted molar refractivity (Wildman–Crippen MR) is 114 cm³/mol. The molecule has 0 saturated heterocycles. The molecule has 158 valence electrons. The second-order valence-electron chi connectivity index (χ2n) is 6.35. The van der Waals surface area contributed by atoms with E-state index in [0.717, 1.165) is 25.5 Å². The van der Waals surface area contributed by atoms with E-state index in [2.05, 4.69) is 23.3 Å². The lowest BCUT2D eigenvalue weighted by Crippen LogP contribution is -2.28. The minimum atomic E-state index is -3.91. The molecule has 0 spiro atoms. The number of nitrogens with zero attached hydrogens (tertiary/aromatic N) is 2. The first-order valence-corrected chi connectivity index (χ1v) is 11.7. The van der Waals surface area contributed by atoms with Crippen molar-refractivity contribution in [2.75, 3.05) is 11.1 Å². The first-order chi connectivity index (χ1) is 14.2. The second-order valence-corrected chi connectivity index (χ2v) is 9.12. The number of nitriles is 1. The first kappa shape index (κ1) is 23.4. The first-order valence-electron chi connectivity index (χ1n) is 9.21. The van der Waals surface area contributed by atoms with Crippen LogP contribution in [0.2, 0.25) is 0 Å². The van der Waals surface area contributed by atoms with Gasteiger partial charge in [0.15, 0.2) is 0 Å². The average molecular weight is 447 g/mol. The van der Waals surface area contributed by atoms with Crippen molar-refractivity contribution in [1.29, 1.82) is 5.26 Å². The van der Waals surface area contributed by atoms with Crippen LogP contribution in [0.25, 0.3) is 0 Å². The zero-order valence-corrected chi connectivity index (χ0v) is 18.3. The highest BCUT2D eigenvalue weighted by atomic mass is 32.2. The van der Waals surface area contributed by atoms with Crippen molar-refractivity contribution in [2.24, 2.45) is 0 Å². The van der Waals surface area contributed by atoms with Crippen LogP contribution in [0.5, 0.6) is 0 Å². The maximum atomic E-state index is 12.2. The maximum absolute atomic E-state index is 12.2. The molecule has 0 atom stereocenters. The number of amides is 2. The summed E-state index contributed by atoms with van der Waals surface area (Å²) in [6.07, 6.45) is 1.98. The van der Waals surface area contributed by atoms with Gasteiger partial charge in [-0.15, -0.1) is 11.8 Å². The number of hydrogen-bond donors (Lipinski definition) is 2. The molecule has 0 saturated carbocycles. The lowest BCUT2D eigenvalue weighted by atomic mass is 10.2. The number of hydrogen-bond acceptors (Lipinski definition) is 7. The quantitative estimate of drug-likeness (QED) is 0.567. The van der Waals surface area contributed by atoms with Crippen LogP contribution < -0.4 is 10.0 Å². The topological polar surface area (TPSA) is 129 Å². The average Bonchev–Trinajstić information content (AvgIpc) is 2.68. The zero-order valence-electron chi connectivity index (χ0n) is 16.6. The highest BCUT2D eigenvalue weighted by Gasteiger charge is 2.15. The molecule has 0 aliphatic carbocycles. The third-order valence-electron chi connectivity index (χ3n) is 3.84. The van der Waals surface area contributed by atoms with Gasteiger partial charge in [-0.2, -0.15) is 5.26 Å². The Hall–Kier alpha value is -2.90. The van der Waals surface area contributed by atoms with E-state index in [0.29, 0.717) is 22.0 Å². The molecule has 0 aliphatic heterocycles. The smallest absolute Gasteiger partial charge is 0.264 e. The third-order valence-corrected chi connectivity index (χ3v) is 6.28. The van der Waals surface area contributed by atoms with Crippen molar-refractivity contribution in [2.45, 2.75) is 43.0 Å². The molecule has 2 aromatic rings. The van der Waals surface area contributed by atoms with Crippen LogP contribution in [0.15, 0.2) is 46.3 Å². The molecule has 30 heavy (non-hydrogen) atoms. The third kappa shape index (κ3) is 6.86. The summed E-state index contributed by atoms with van der Waals surface area (Å²) < 4.78 is 25.7. The lowest BCUT2D eigenvalue weighted by Gasteiger charge is -2.08. The largest absolute Gasteiger partial charge is 0.326 e. The fraction of sp³-hybridized carbons (Fsp3) is 0.300. The fourth-order valence-electron chi connectivity index (χ4n) is 2.50. The van der Waals surface area contributed by atoms with Crippen LogP contribution in [-0.4, -0.2) is 31.0 Å². The van der Waals surface area contributed by atoms with Crippen LogP contribution in [0.1, 0.15) is 37.9 Å². The Labute approximate surface area is 180 Å². The highest BCUT2D eigenvalue weighted by Crippen LogP contribution is 2.22. The molecule has 2 amide bonds. The van der Waals surface area contributed by atoms with E-state index in [1.165, 1.54) is 36.0 Å². The van der Waals surface area contributed by atoms with Crippen molar-refractivity contribution >= 4 is 39.3 Å². The summed E-state index contributed by atoms with van der Waals surface area (Å²) in [5.74, 6) is -0.486. The molecule has 2 rings (SSSR count). The molecule has 1 aromatic heterocycles. The molecule has 0 aliphatic rings. The van der Waals surface area contributed by atoms with Crippen LogP contribution in [0.3, 0.4) is 0 Å². The van der Waals surface area contributed by atoms with E-state index in [4.69, 9.17) is 0 Å². The Morgan fingerprint density at radius 2 is 1.87 bits per heavy atom. The number of benzene rings is 1. The molecular formula is C20H22N4O4S2. The summed E-state index contributed by atoms with van der Waals surface area (Å²) >= 11 is 1.35. The Kier molecular flexibility index (Phi) is 8.38. The van der Waals surface area contributed by atoms with E-state index < -0.39 is 15.9 Å². The van der Waals surface area contributed by atoms with Gasteiger partial charge in [-0.05, 0) is 42.8 Å². The summed E-state index contributed by atoms with van der Waals surface area (Å²) in [4.78, 5) is 27.6. The van der Waals surface area contributed by atoms with E-state index in [1.807, 2.05) is 10.8 Å². The van der Waals surface area contributed by atoms with Gasteiger partial charge >= 0.3 is 0 Å². The van der Waals surface area contributed by atoms with Gasteiger partial charge < -0.3 is 5.32 Å². The van der Waals surface area contributed by atoms with Gasteiger partial charge in [-0.3, -0.25) is 9.59 Å². The second kappa shape index (κ2) is 10.8. The summed E-state index contributed by atoms with van der Waals surface area (Å²) in [5.41, 5.74) is 1.83. The van der Waals surface area contributed by atoms with Crippen molar-refractivity contribution in [3.63, 3.8) is 0 Å². The number of carbonyl (C=O) groups excluding carboxylic acids is 2. The number of sulfonamides is 1. The molecule has 1 heterocycles. The fourth-order valence-corrected chi connectivity index (χ4v) is 4.42. The van der Waals surface area contributed by atoms with Gasteiger partial charge in [0.05, 0.1) is 10.5 Å². The number of aromatic nitrogens is 1. The molecule has 2 N–H and O–H groups in total. The SMILES string of the molecule is CCCc1ccc(C#N)c(SCCC(=O)Nc2ccc(S(=O)(=O)NC(C)=O)cc2)n1. The minimum Gasteiger partial charge on any atom is -0.326 e. The normalized spacial score (nSPS) is 10.8. The number of nitrogens with one attached hydrogen (secondary N) is 2. The van der Waals surface area contributed by atoms with Crippen molar-refractivity contribution in [3.05, 3.63) is 47.7 Å². The van der Waals surface area contributed by atoms with Gasteiger partial charge in [0.25, 0.3) is 10.0 Å². The van der Waals surface area contributed by atoms with Gasteiger partial charge in [0.2, 0.25) is 11.8 Å². The zero-order chi connectivity index (χ0) is 22.1. The number of rotatable bonds is 9. The highest BCUT2D eigenvalue weighted by molar-refractivity contribution is 7.99. The van der Waals surface area contributed by atoms with Crippen LogP contribution in [-0.2, 0) is 26.0 Å². The van der Waals surface area contributed by atoms with Gasteiger partial charge in [-0.1, -0.05) is 13.3 Å². The summed E-state index contributed by atoms with van der Waals surface area (Å²) in [7, 11) is -3.91. The summed E-state index contributed by atoms with van der Waals surface area (Å²) in [6, 6.07) is 11.2. The van der Waals surface area contributed by atoms with E-state index in [9.17, 15) is 23.3 Å². The molecule has 0 fully saturated rings. The molecule has 8 nitrogen and oxygen atoms in total. The van der Waals surface area contributed by atoms with Gasteiger partial charge in [-0.25, -0.2) is 18.1 Å². The molecule has 0 unspecified atom stereocenters. The minimum absolute atomic E-state index is 0.0756. The van der Waals surface area contributed by atoms with E-state index >= 15 is 0 Å². The predicted octanol–water partition coefficient (Wildman–Crippen LogP) is 2.85. The molecule has 10 heteroatoms. The van der Waals surface area contributed by atoms with E-state index in [1.54, 1.807) is 6.07 Å². The number of pyridine rings is 1. The number of thioether (sulfide) groups is 1. The van der Waals surface area contributed by atoms with Crippen LogP contribution in [0, 0.1) is 11.3 Å².